The van der Waals surface area contributed by atoms with Crippen molar-refractivity contribution in [1.82, 2.24) is 9.97 Å². The number of carbonyl (C=O) groups is 1. The van der Waals surface area contributed by atoms with Gasteiger partial charge in [-0.2, -0.15) is 0 Å². The number of aromatic nitrogens is 2. The fourth-order valence-electron chi connectivity index (χ4n) is 0.688. The molecule has 84 valence electrons. The quantitative estimate of drug-likeness (QED) is 0.583. The van der Waals surface area contributed by atoms with Crippen molar-refractivity contribution in [2.45, 2.75) is 20.8 Å². The van der Waals surface area contributed by atoms with Gasteiger partial charge in [-0.1, -0.05) is 13.8 Å². The summed E-state index contributed by atoms with van der Waals surface area (Å²) < 4.78 is 17.4. The average Bonchev–Trinajstić information content (AvgIpc) is 2.25. The van der Waals surface area contributed by atoms with Crippen LogP contribution in [0.1, 0.15) is 31.3 Å². The first-order valence-corrected chi connectivity index (χ1v) is 4.88. The molecule has 1 heterocycles. The maximum absolute atomic E-state index is 12.9. The highest BCUT2D eigenvalue weighted by Gasteiger charge is 2.15. The van der Waals surface area contributed by atoms with Crippen LogP contribution >= 0.6 is 11.6 Å². The van der Waals surface area contributed by atoms with Crippen molar-refractivity contribution in [2.24, 2.45) is 0 Å². The normalized spacial score (nSPS) is 8.87. The molecule has 0 aromatic carbocycles. The van der Waals surface area contributed by atoms with Crippen LogP contribution in [-0.2, 0) is 4.74 Å². The van der Waals surface area contributed by atoms with Crippen molar-refractivity contribution in [3.05, 3.63) is 23.0 Å². The second kappa shape index (κ2) is 7.11. The molecule has 15 heavy (non-hydrogen) atoms. The van der Waals surface area contributed by atoms with Crippen molar-refractivity contribution < 1.29 is 13.9 Å². The Hall–Kier alpha value is -1.23. The second-order valence-electron chi connectivity index (χ2n) is 2.06. The number of nitrogens with zero attached hydrogens (tertiary/aromatic N) is 2. The largest absolute Gasteiger partial charge is 0.461 e. The van der Waals surface area contributed by atoms with Gasteiger partial charge in [-0.3, -0.25) is 0 Å². The smallest absolute Gasteiger partial charge is 0.360 e. The summed E-state index contributed by atoms with van der Waals surface area (Å²) in [5.41, 5.74) is -0.443. The highest BCUT2D eigenvalue weighted by molar-refractivity contribution is 6.28. The highest BCUT2D eigenvalue weighted by Crippen LogP contribution is 2.07. The SMILES string of the molecule is CC.CCOC(=O)c1nc(Cl)ncc1F. The van der Waals surface area contributed by atoms with Gasteiger partial charge in [0.05, 0.1) is 12.8 Å². The first kappa shape index (κ1) is 13.8. The minimum Gasteiger partial charge on any atom is -0.461 e. The Morgan fingerprint density at radius 1 is 1.60 bits per heavy atom. The van der Waals surface area contributed by atoms with Gasteiger partial charge in [0, 0.05) is 0 Å². The predicted molar refractivity (Wildman–Crippen MR) is 54.3 cm³/mol. The average molecular weight is 235 g/mol. The van der Waals surface area contributed by atoms with E-state index in [9.17, 15) is 9.18 Å². The summed E-state index contributed by atoms with van der Waals surface area (Å²) in [5, 5.41) is -0.190. The van der Waals surface area contributed by atoms with Gasteiger partial charge in [-0.15, -0.1) is 0 Å². The number of halogens is 2. The Morgan fingerprint density at radius 3 is 2.73 bits per heavy atom. The van der Waals surface area contributed by atoms with Crippen LogP contribution in [0.3, 0.4) is 0 Å². The van der Waals surface area contributed by atoms with Crippen LogP contribution in [0.15, 0.2) is 6.20 Å². The number of ether oxygens (including phenoxy) is 1. The van der Waals surface area contributed by atoms with Crippen molar-refractivity contribution in [3.63, 3.8) is 0 Å². The molecule has 0 bridgehead atoms. The second-order valence-corrected chi connectivity index (χ2v) is 2.39. The summed E-state index contributed by atoms with van der Waals surface area (Å²) in [6.45, 7) is 5.76. The zero-order valence-electron chi connectivity index (χ0n) is 8.75. The summed E-state index contributed by atoms with van der Waals surface area (Å²) in [7, 11) is 0. The molecule has 0 unspecified atom stereocenters. The molecule has 0 aliphatic rings. The van der Waals surface area contributed by atoms with Gasteiger partial charge < -0.3 is 4.74 Å². The van der Waals surface area contributed by atoms with Crippen molar-refractivity contribution in [2.75, 3.05) is 6.61 Å². The minimum absolute atomic E-state index is 0.153. The van der Waals surface area contributed by atoms with E-state index in [-0.39, 0.29) is 11.9 Å². The summed E-state index contributed by atoms with van der Waals surface area (Å²) >= 11 is 5.36. The third-order valence-electron chi connectivity index (χ3n) is 1.18. The third-order valence-corrected chi connectivity index (χ3v) is 1.37. The molecule has 0 radical (unpaired) electrons. The predicted octanol–water partition coefficient (Wildman–Crippen LogP) is 2.47. The Bertz CT molecular complexity index is 334. The summed E-state index contributed by atoms with van der Waals surface area (Å²) in [5.74, 6) is -1.69. The number of carbonyl (C=O) groups excluding carboxylic acids is 1. The maximum atomic E-state index is 12.9. The van der Waals surface area contributed by atoms with E-state index in [1.807, 2.05) is 13.8 Å². The van der Waals surface area contributed by atoms with E-state index >= 15 is 0 Å². The van der Waals surface area contributed by atoms with Gasteiger partial charge >= 0.3 is 5.97 Å². The molecule has 0 N–H and O–H groups in total. The van der Waals surface area contributed by atoms with Gasteiger partial charge in [-0.25, -0.2) is 19.2 Å². The molecule has 0 saturated carbocycles. The molecule has 1 rings (SSSR count). The number of esters is 1. The zero-order chi connectivity index (χ0) is 11.8. The summed E-state index contributed by atoms with van der Waals surface area (Å²) in [6, 6.07) is 0. The molecule has 0 spiro atoms. The van der Waals surface area contributed by atoms with E-state index in [0.717, 1.165) is 6.20 Å². The van der Waals surface area contributed by atoms with Crippen LogP contribution in [0.4, 0.5) is 4.39 Å². The maximum Gasteiger partial charge on any atom is 0.360 e. The van der Waals surface area contributed by atoms with Crippen LogP contribution in [0.25, 0.3) is 0 Å². The van der Waals surface area contributed by atoms with E-state index in [2.05, 4.69) is 14.7 Å². The molecule has 1 aromatic rings. The molecule has 0 aliphatic heterocycles. The third kappa shape index (κ3) is 4.20. The summed E-state index contributed by atoms with van der Waals surface area (Å²) in [4.78, 5) is 17.8. The molecular formula is C9H12ClFN2O2. The Labute approximate surface area is 92.4 Å². The molecule has 6 heteroatoms. The minimum atomic E-state index is -0.845. The van der Waals surface area contributed by atoms with Crippen molar-refractivity contribution in [1.29, 1.82) is 0 Å². The molecule has 0 aliphatic carbocycles. The Morgan fingerprint density at radius 2 is 2.20 bits per heavy atom. The monoisotopic (exact) mass is 234 g/mol. The molecule has 0 amide bonds. The first-order chi connectivity index (χ1) is 7.15. The highest BCUT2D eigenvalue weighted by atomic mass is 35.5. The number of hydrogen-bond acceptors (Lipinski definition) is 4. The van der Waals surface area contributed by atoms with E-state index in [0.29, 0.717) is 0 Å². The fourth-order valence-corrected chi connectivity index (χ4v) is 0.822. The van der Waals surface area contributed by atoms with Gasteiger partial charge in [0.2, 0.25) is 5.28 Å². The first-order valence-electron chi connectivity index (χ1n) is 4.50. The molecule has 4 nitrogen and oxygen atoms in total. The van der Waals surface area contributed by atoms with Crippen molar-refractivity contribution in [3.8, 4) is 0 Å². The van der Waals surface area contributed by atoms with Gasteiger partial charge in [0.15, 0.2) is 11.5 Å². The lowest BCUT2D eigenvalue weighted by Crippen LogP contribution is -2.10. The van der Waals surface area contributed by atoms with Crippen LogP contribution < -0.4 is 0 Å². The topological polar surface area (TPSA) is 52.1 Å². The van der Waals surface area contributed by atoms with Crippen molar-refractivity contribution >= 4 is 17.6 Å². The van der Waals surface area contributed by atoms with Crippen LogP contribution in [0, 0.1) is 5.82 Å². The van der Waals surface area contributed by atoms with Crippen LogP contribution in [0.2, 0.25) is 5.28 Å². The fraction of sp³-hybridized carbons (Fsp3) is 0.444. The van der Waals surface area contributed by atoms with Gasteiger partial charge in [-0.05, 0) is 18.5 Å². The number of rotatable bonds is 2. The van der Waals surface area contributed by atoms with Gasteiger partial charge in [0.1, 0.15) is 0 Å². The molecule has 0 fully saturated rings. The van der Waals surface area contributed by atoms with E-state index in [4.69, 9.17) is 11.6 Å². The molecule has 0 atom stereocenters. The Kier molecular flexibility index (Phi) is 6.53. The lowest BCUT2D eigenvalue weighted by atomic mass is 10.4. The van der Waals surface area contributed by atoms with E-state index in [1.165, 1.54) is 0 Å². The van der Waals surface area contributed by atoms with E-state index < -0.39 is 17.5 Å². The number of hydrogen-bond donors (Lipinski definition) is 0. The zero-order valence-corrected chi connectivity index (χ0v) is 9.51. The molecule has 0 saturated heterocycles. The summed E-state index contributed by atoms with van der Waals surface area (Å²) in [6.07, 6.45) is 0.821. The standard InChI is InChI=1S/C7H6ClFN2O2.C2H6/c1-2-13-6(12)5-4(9)3-10-7(8)11-5;1-2/h3H,2H2,1H3;1-2H3. The molecule has 1 aromatic heterocycles. The van der Waals surface area contributed by atoms with E-state index in [1.54, 1.807) is 6.92 Å². The van der Waals surface area contributed by atoms with Crippen LogP contribution in [0.5, 0.6) is 0 Å². The lowest BCUT2D eigenvalue weighted by molar-refractivity contribution is 0.0513. The lowest BCUT2D eigenvalue weighted by Gasteiger charge is -2.01. The Balaban J connectivity index is 0.000000921. The molecular weight excluding hydrogens is 223 g/mol. The van der Waals surface area contributed by atoms with Gasteiger partial charge in [0.25, 0.3) is 0 Å². The van der Waals surface area contributed by atoms with Crippen LogP contribution in [-0.4, -0.2) is 22.5 Å².